The van der Waals surface area contributed by atoms with Gasteiger partial charge in [-0.05, 0) is 18.2 Å². The summed E-state index contributed by atoms with van der Waals surface area (Å²) in [6.45, 7) is -0.614. The molecule has 0 aromatic heterocycles. The van der Waals surface area contributed by atoms with Crippen molar-refractivity contribution in [1.82, 2.24) is 0 Å². The van der Waals surface area contributed by atoms with Gasteiger partial charge in [0, 0.05) is 22.8 Å². The fraction of sp³-hybridized carbons (Fsp3) is 0.222. The maximum atomic E-state index is 13.7. The second kappa shape index (κ2) is 9.09. The van der Waals surface area contributed by atoms with E-state index < -0.39 is 24.3 Å². The lowest BCUT2D eigenvalue weighted by molar-refractivity contribution is -0.119. The average Bonchev–Trinajstić information content (AvgIpc) is 2.65. The first-order valence-electron chi connectivity index (χ1n) is 7.61. The normalized spacial score (nSPS) is 10.1. The zero-order chi connectivity index (χ0) is 20.0. The molecule has 2 rings (SSSR count). The molecule has 0 unspecified atom stereocenters. The number of ether oxygens (including phenoxy) is 4. The third kappa shape index (κ3) is 5.01. The fourth-order valence-corrected chi connectivity index (χ4v) is 2.37. The Morgan fingerprint density at radius 1 is 1.04 bits per heavy atom. The summed E-state index contributed by atoms with van der Waals surface area (Å²) in [5, 5.41) is 2.67. The van der Waals surface area contributed by atoms with Crippen molar-refractivity contribution in [2.45, 2.75) is 0 Å². The largest absolute Gasteiger partial charge is 0.493 e. The molecule has 144 valence electrons. The van der Waals surface area contributed by atoms with E-state index in [2.05, 4.69) is 5.32 Å². The first-order valence-corrected chi connectivity index (χ1v) is 7.99. The predicted octanol–water partition coefficient (Wildman–Crippen LogP) is 3.30. The molecule has 0 aliphatic rings. The maximum Gasteiger partial charge on any atom is 0.341 e. The van der Waals surface area contributed by atoms with Crippen LogP contribution in [0.3, 0.4) is 0 Å². The van der Waals surface area contributed by atoms with Crippen LogP contribution in [0.1, 0.15) is 10.4 Å². The number of hydrogen-bond donors (Lipinski definition) is 1. The fourth-order valence-electron chi connectivity index (χ4n) is 2.21. The van der Waals surface area contributed by atoms with E-state index in [0.717, 1.165) is 6.07 Å². The Morgan fingerprint density at radius 2 is 1.67 bits per heavy atom. The Balaban J connectivity index is 2.04. The molecular formula is C18H17ClFNO6. The van der Waals surface area contributed by atoms with Gasteiger partial charge in [-0.3, -0.25) is 4.79 Å². The summed E-state index contributed by atoms with van der Waals surface area (Å²) in [5.41, 5.74) is 0.0169. The highest BCUT2D eigenvalue weighted by atomic mass is 35.5. The van der Waals surface area contributed by atoms with Gasteiger partial charge in [-0.15, -0.1) is 0 Å². The van der Waals surface area contributed by atoms with E-state index in [0.29, 0.717) is 22.9 Å². The quantitative estimate of drug-likeness (QED) is 0.722. The zero-order valence-electron chi connectivity index (χ0n) is 14.8. The molecule has 1 N–H and O–H groups in total. The van der Waals surface area contributed by atoms with Crippen molar-refractivity contribution >= 4 is 29.2 Å². The van der Waals surface area contributed by atoms with Crippen LogP contribution in [0, 0.1) is 5.82 Å². The Labute approximate surface area is 159 Å². The van der Waals surface area contributed by atoms with E-state index in [-0.39, 0.29) is 10.6 Å². The first kappa shape index (κ1) is 20.3. The Kier molecular flexibility index (Phi) is 6.84. The third-order valence-corrected chi connectivity index (χ3v) is 3.67. The van der Waals surface area contributed by atoms with Gasteiger partial charge >= 0.3 is 5.97 Å². The Hall–Kier alpha value is -3.00. The monoisotopic (exact) mass is 397 g/mol. The molecule has 0 radical (unpaired) electrons. The molecule has 0 spiro atoms. The van der Waals surface area contributed by atoms with E-state index >= 15 is 0 Å². The lowest BCUT2D eigenvalue weighted by Crippen LogP contribution is -2.21. The van der Waals surface area contributed by atoms with Crippen molar-refractivity contribution in [3.8, 4) is 17.2 Å². The van der Waals surface area contributed by atoms with Crippen molar-refractivity contribution in [3.05, 3.63) is 46.7 Å². The number of halogens is 2. The summed E-state index contributed by atoms with van der Waals surface area (Å²) in [7, 11) is 4.32. The number of methoxy groups -OCH3 is 3. The molecule has 0 saturated carbocycles. The molecule has 1 amide bonds. The highest BCUT2D eigenvalue weighted by Crippen LogP contribution is 2.39. The van der Waals surface area contributed by atoms with Crippen LogP contribution in [0.4, 0.5) is 10.1 Å². The third-order valence-electron chi connectivity index (χ3n) is 3.43. The molecule has 2 aromatic carbocycles. The number of carbonyl (C=O) groups is 2. The molecule has 27 heavy (non-hydrogen) atoms. The second-order valence-electron chi connectivity index (χ2n) is 5.16. The number of rotatable bonds is 7. The summed E-state index contributed by atoms with van der Waals surface area (Å²) < 4.78 is 34.1. The van der Waals surface area contributed by atoms with E-state index in [1.807, 2.05) is 0 Å². The van der Waals surface area contributed by atoms with Crippen molar-refractivity contribution in [1.29, 1.82) is 0 Å². The minimum atomic E-state index is -0.982. The molecule has 0 bridgehead atoms. The summed E-state index contributed by atoms with van der Waals surface area (Å²) in [6.07, 6.45) is 0. The molecule has 7 nitrogen and oxygen atoms in total. The molecule has 0 heterocycles. The molecule has 0 aliphatic carbocycles. The smallest absolute Gasteiger partial charge is 0.341 e. The van der Waals surface area contributed by atoms with Crippen LogP contribution in [0.5, 0.6) is 17.2 Å². The van der Waals surface area contributed by atoms with Crippen LogP contribution in [-0.2, 0) is 9.53 Å². The molecular weight excluding hydrogens is 381 g/mol. The van der Waals surface area contributed by atoms with Crippen LogP contribution >= 0.6 is 11.6 Å². The van der Waals surface area contributed by atoms with Gasteiger partial charge in [-0.25, -0.2) is 9.18 Å². The van der Waals surface area contributed by atoms with Gasteiger partial charge in [0.15, 0.2) is 18.1 Å². The zero-order valence-corrected chi connectivity index (χ0v) is 15.6. The van der Waals surface area contributed by atoms with Crippen molar-refractivity contribution in [2.24, 2.45) is 0 Å². The first-order chi connectivity index (χ1) is 12.9. The van der Waals surface area contributed by atoms with E-state index in [9.17, 15) is 14.0 Å². The number of nitrogens with one attached hydrogen (secondary N) is 1. The summed E-state index contributed by atoms with van der Waals surface area (Å²) in [4.78, 5) is 23.9. The molecule has 0 atom stereocenters. The Bertz CT molecular complexity index is 833. The van der Waals surface area contributed by atoms with Crippen LogP contribution in [0.15, 0.2) is 30.3 Å². The van der Waals surface area contributed by atoms with Gasteiger partial charge in [0.05, 0.1) is 26.9 Å². The molecule has 0 fully saturated rings. The number of anilines is 1. The number of benzene rings is 2. The van der Waals surface area contributed by atoms with Crippen LogP contribution in [0.25, 0.3) is 0 Å². The molecule has 0 aliphatic heterocycles. The minimum Gasteiger partial charge on any atom is -0.493 e. The molecule has 0 saturated heterocycles. The van der Waals surface area contributed by atoms with Crippen LogP contribution < -0.4 is 19.5 Å². The number of carbonyl (C=O) groups excluding carboxylic acids is 2. The van der Waals surface area contributed by atoms with Gasteiger partial charge in [0.1, 0.15) is 5.82 Å². The summed E-state index contributed by atoms with van der Waals surface area (Å²) in [5.74, 6) is -1.41. The van der Waals surface area contributed by atoms with E-state index in [4.69, 9.17) is 30.5 Å². The maximum absolute atomic E-state index is 13.7. The highest BCUT2D eigenvalue weighted by Gasteiger charge is 2.17. The van der Waals surface area contributed by atoms with Crippen LogP contribution in [-0.4, -0.2) is 39.8 Å². The van der Waals surface area contributed by atoms with Crippen molar-refractivity contribution in [3.63, 3.8) is 0 Å². The number of amides is 1. The van der Waals surface area contributed by atoms with Gasteiger partial charge in [-0.2, -0.15) is 0 Å². The van der Waals surface area contributed by atoms with Crippen molar-refractivity contribution < 1.29 is 32.9 Å². The van der Waals surface area contributed by atoms with E-state index in [1.165, 1.54) is 45.6 Å². The minimum absolute atomic E-state index is 0.143. The van der Waals surface area contributed by atoms with Crippen molar-refractivity contribution in [2.75, 3.05) is 33.3 Å². The number of hydrogen-bond acceptors (Lipinski definition) is 6. The summed E-state index contributed by atoms with van der Waals surface area (Å²) >= 11 is 5.62. The average molecular weight is 398 g/mol. The molecule has 9 heteroatoms. The van der Waals surface area contributed by atoms with Gasteiger partial charge in [-0.1, -0.05) is 11.6 Å². The number of esters is 1. The SMILES string of the molecule is COc1cc(NC(=O)COC(=O)c2ccc(Cl)cc2F)cc(OC)c1OC. The summed E-state index contributed by atoms with van der Waals surface area (Å²) in [6, 6.07) is 6.53. The van der Waals surface area contributed by atoms with Gasteiger partial charge in [0.2, 0.25) is 5.75 Å². The Morgan fingerprint density at radius 3 is 2.19 bits per heavy atom. The van der Waals surface area contributed by atoms with E-state index in [1.54, 1.807) is 0 Å². The standard InChI is InChI=1S/C18H17ClFNO6/c1-24-14-7-11(8-15(25-2)17(14)26-3)21-16(22)9-27-18(23)12-5-4-10(19)6-13(12)20/h4-8H,9H2,1-3H3,(H,21,22). The van der Waals surface area contributed by atoms with Gasteiger partial charge < -0.3 is 24.3 Å². The van der Waals surface area contributed by atoms with Gasteiger partial charge in [0.25, 0.3) is 5.91 Å². The molecule has 2 aromatic rings. The topological polar surface area (TPSA) is 83.1 Å². The second-order valence-corrected chi connectivity index (χ2v) is 5.60. The highest BCUT2D eigenvalue weighted by molar-refractivity contribution is 6.30. The lowest BCUT2D eigenvalue weighted by atomic mass is 10.2. The van der Waals surface area contributed by atoms with Crippen LogP contribution in [0.2, 0.25) is 5.02 Å². The predicted molar refractivity (Wildman–Crippen MR) is 96.4 cm³/mol. The lowest BCUT2D eigenvalue weighted by Gasteiger charge is -2.14.